The molecule has 0 saturated carbocycles. The summed E-state index contributed by atoms with van der Waals surface area (Å²) >= 11 is 0. The van der Waals surface area contributed by atoms with Gasteiger partial charge in [0, 0.05) is 19.0 Å². The lowest BCUT2D eigenvalue weighted by Gasteiger charge is -2.29. The first kappa shape index (κ1) is 19.2. The Hall–Kier alpha value is -3.53. The molecule has 1 atom stereocenters. The summed E-state index contributed by atoms with van der Waals surface area (Å²) in [5, 5.41) is 8.31. The number of benzene rings is 1. The van der Waals surface area contributed by atoms with Gasteiger partial charge >= 0.3 is 6.01 Å². The van der Waals surface area contributed by atoms with Crippen LogP contribution in [0.5, 0.6) is 11.8 Å². The summed E-state index contributed by atoms with van der Waals surface area (Å²) in [4.78, 5) is 23.4. The Kier molecular flexibility index (Phi) is 4.35. The van der Waals surface area contributed by atoms with E-state index in [1.54, 1.807) is 25.5 Å². The van der Waals surface area contributed by atoms with E-state index in [9.17, 15) is 0 Å². The summed E-state index contributed by atoms with van der Waals surface area (Å²) in [6.07, 6.45) is 6.00. The molecule has 1 saturated heterocycles. The van der Waals surface area contributed by atoms with Crippen molar-refractivity contribution in [3.8, 4) is 11.8 Å². The minimum absolute atomic E-state index is 0.134. The first-order chi connectivity index (χ1) is 15.6. The zero-order chi connectivity index (χ0) is 21.8. The second kappa shape index (κ2) is 7.27. The Balaban J connectivity index is 1.59. The lowest BCUT2D eigenvalue weighted by Crippen LogP contribution is -2.43. The van der Waals surface area contributed by atoms with E-state index in [0.717, 1.165) is 41.5 Å². The SMILES string of the molecule is CNc1cc(F)c2c3c1[nH]c1nc(Oc4cnc(C)nc4)nc(c13)N(C1CCCN1)CC2. The maximum Gasteiger partial charge on any atom is 0.326 e. The highest BCUT2D eigenvalue weighted by molar-refractivity contribution is 6.16. The molecule has 2 aliphatic heterocycles. The Morgan fingerprint density at radius 1 is 1.22 bits per heavy atom. The van der Waals surface area contributed by atoms with Crippen LogP contribution in [0.2, 0.25) is 0 Å². The van der Waals surface area contributed by atoms with Crippen molar-refractivity contribution >= 4 is 33.4 Å². The van der Waals surface area contributed by atoms with Gasteiger partial charge < -0.3 is 19.9 Å². The van der Waals surface area contributed by atoms with Crippen molar-refractivity contribution in [1.29, 1.82) is 0 Å². The summed E-state index contributed by atoms with van der Waals surface area (Å²) in [7, 11) is 1.78. The number of rotatable bonds is 4. The number of H-pyrrole nitrogens is 1. The number of nitrogens with zero attached hydrogens (tertiary/aromatic N) is 5. The van der Waals surface area contributed by atoms with Crippen molar-refractivity contribution in [3.05, 3.63) is 35.7 Å². The highest BCUT2D eigenvalue weighted by Crippen LogP contribution is 2.42. The zero-order valence-electron chi connectivity index (χ0n) is 17.9. The summed E-state index contributed by atoms with van der Waals surface area (Å²) in [6, 6.07) is 1.74. The molecule has 3 N–H and O–H groups in total. The third-order valence-corrected chi connectivity index (χ3v) is 6.26. The van der Waals surface area contributed by atoms with Gasteiger partial charge in [-0.25, -0.2) is 14.4 Å². The zero-order valence-corrected chi connectivity index (χ0v) is 17.9. The fourth-order valence-electron chi connectivity index (χ4n) is 4.77. The minimum atomic E-state index is -0.216. The van der Waals surface area contributed by atoms with Crippen molar-refractivity contribution < 1.29 is 9.13 Å². The molecule has 6 rings (SSSR count). The monoisotopic (exact) mass is 434 g/mol. The molecule has 0 amide bonds. The topological polar surface area (TPSA) is 104 Å². The van der Waals surface area contributed by atoms with Gasteiger partial charge in [-0.2, -0.15) is 9.97 Å². The standard InChI is InChI=1S/C22H23FN8O/c1-11-26-9-12(10-27-11)32-22-29-20-18-17-13(14(23)8-15(24-2)19(17)28-20)5-7-31(21(18)30-22)16-4-3-6-25-16/h8-10,16,24-25H,3-7H2,1-2H3,(H,28,29,30). The molecule has 9 nitrogen and oxygen atoms in total. The molecule has 0 bridgehead atoms. The fraction of sp³-hybridized carbons (Fsp3) is 0.364. The van der Waals surface area contributed by atoms with Gasteiger partial charge in [-0.05, 0) is 44.4 Å². The van der Waals surface area contributed by atoms with E-state index >= 15 is 4.39 Å². The fourth-order valence-corrected chi connectivity index (χ4v) is 4.77. The predicted octanol–water partition coefficient (Wildman–Crippen LogP) is 3.25. The molecular formula is C22H23FN8O. The molecule has 1 fully saturated rings. The van der Waals surface area contributed by atoms with E-state index < -0.39 is 0 Å². The lowest BCUT2D eigenvalue weighted by molar-refractivity contribution is 0.437. The van der Waals surface area contributed by atoms with Gasteiger partial charge in [0.05, 0.1) is 35.1 Å². The van der Waals surface area contributed by atoms with Gasteiger partial charge in [0.15, 0.2) is 5.75 Å². The van der Waals surface area contributed by atoms with Gasteiger partial charge in [0.1, 0.15) is 23.1 Å². The average Bonchev–Trinajstić information content (AvgIpc) is 3.41. The van der Waals surface area contributed by atoms with Crippen LogP contribution in [-0.2, 0) is 6.42 Å². The van der Waals surface area contributed by atoms with Crippen LogP contribution in [0.1, 0.15) is 24.2 Å². The molecule has 3 aromatic heterocycles. The molecule has 2 aliphatic rings. The number of ether oxygens (including phenoxy) is 1. The quantitative estimate of drug-likeness (QED) is 0.450. The Morgan fingerprint density at radius 3 is 2.81 bits per heavy atom. The van der Waals surface area contributed by atoms with E-state index in [4.69, 9.17) is 9.72 Å². The summed E-state index contributed by atoms with van der Waals surface area (Å²) in [6.45, 7) is 3.41. The number of halogens is 1. The molecular weight excluding hydrogens is 411 g/mol. The van der Waals surface area contributed by atoms with Crippen molar-refractivity contribution in [3.63, 3.8) is 0 Å². The van der Waals surface area contributed by atoms with E-state index in [2.05, 4.69) is 35.5 Å². The van der Waals surface area contributed by atoms with E-state index in [1.807, 2.05) is 6.92 Å². The van der Waals surface area contributed by atoms with Gasteiger partial charge in [0.2, 0.25) is 0 Å². The average molecular weight is 434 g/mol. The van der Waals surface area contributed by atoms with Crippen LogP contribution < -0.4 is 20.3 Å². The number of anilines is 2. The maximum atomic E-state index is 15.1. The number of hydrogen-bond acceptors (Lipinski definition) is 8. The molecule has 0 spiro atoms. The molecule has 0 aliphatic carbocycles. The Morgan fingerprint density at radius 2 is 2.06 bits per heavy atom. The molecule has 4 aromatic rings. The number of nitrogens with one attached hydrogen (secondary N) is 3. The van der Waals surface area contributed by atoms with Crippen LogP contribution in [0.25, 0.3) is 21.9 Å². The van der Waals surface area contributed by atoms with Crippen molar-refractivity contribution in [2.24, 2.45) is 0 Å². The van der Waals surface area contributed by atoms with Crippen molar-refractivity contribution in [1.82, 2.24) is 30.2 Å². The van der Waals surface area contributed by atoms with Gasteiger partial charge in [-0.1, -0.05) is 0 Å². The molecule has 1 aromatic carbocycles. The van der Waals surface area contributed by atoms with Gasteiger partial charge in [-0.3, -0.25) is 5.32 Å². The number of aryl methyl sites for hydroxylation is 1. The number of hydrogen-bond donors (Lipinski definition) is 3. The molecule has 5 heterocycles. The first-order valence-electron chi connectivity index (χ1n) is 10.8. The molecule has 1 unspecified atom stereocenters. The summed E-state index contributed by atoms with van der Waals surface area (Å²) in [5.74, 6) is 1.64. The number of aromatic amines is 1. The third kappa shape index (κ3) is 2.94. The second-order valence-electron chi connectivity index (χ2n) is 8.19. The van der Waals surface area contributed by atoms with Gasteiger partial charge in [-0.15, -0.1) is 0 Å². The van der Waals surface area contributed by atoms with Crippen LogP contribution in [-0.4, -0.2) is 51.2 Å². The second-order valence-corrected chi connectivity index (χ2v) is 8.19. The van der Waals surface area contributed by atoms with Gasteiger partial charge in [0.25, 0.3) is 0 Å². The Labute approximate surface area is 183 Å². The number of aromatic nitrogens is 5. The van der Waals surface area contributed by atoms with Crippen LogP contribution in [0.3, 0.4) is 0 Å². The van der Waals surface area contributed by atoms with Crippen LogP contribution >= 0.6 is 0 Å². The Bertz CT molecular complexity index is 1330. The smallest absolute Gasteiger partial charge is 0.326 e. The van der Waals surface area contributed by atoms with E-state index in [-0.39, 0.29) is 18.0 Å². The first-order valence-corrected chi connectivity index (χ1v) is 10.8. The predicted molar refractivity (Wildman–Crippen MR) is 120 cm³/mol. The van der Waals surface area contributed by atoms with Crippen LogP contribution in [0.4, 0.5) is 15.9 Å². The minimum Gasteiger partial charge on any atom is -0.421 e. The maximum absolute atomic E-state index is 15.1. The lowest BCUT2D eigenvalue weighted by atomic mass is 10.0. The van der Waals surface area contributed by atoms with Crippen molar-refractivity contribution in [2.45, 2.75) is 32.4 Å². The highest BCUT2D eigenvalue weighted by atomic mass is 19.1. The molecule has 0 radical (unpaired) electrons. The summed E-state index contributed by atoms with van der Waals surface area (Å²) < 4.78 is 21.0. The van der Waals surface area contributed by atoms with Crippen molar-refractivity contribution in [2.75, 3.05) is 30.4 Å². The highest BCUT2D eigenvalue weighted by Gasteiger charge is 2.31. The van der Waals surface area contributed by atoms with E-state index in [1.165, 1.54) is 0 Å². The third-order valence-electron chi connectivity index (χ3n) is 6.26. The molecule has 10 heteroatoms. The normalized spacial score (nSPS) is 18.0. The summed E-state index contributed by atoms with van der Waals surface area (Å²) in [5.41, 5.74) is 2.82. The molecule has 164 valence electrons. The largest absolute Gasteiger partial charge is 0.421 e. The van der Waals surface area contributed by atoms with E-state index in [0.29, 0.717) is 41.4 Å². The van der Waals surface area contributed by atoms with Crippen LogP contribution in [0, 0.1) is 12.7 Å². The van der Waals surface area contributed by atoms with Crippen LogP contribution in [0.15, 0.2) is 18.5 Å². The molecule has 32 heavy (non-hydrogen) atoms.